The zero-order valence-corrected chi connectivity index (χ0v) is 15.1. The molecule has 2 N–H and O–H groups in total. The average molecular weight is 410 g/mol. The molecule has 1 amide bonds. The number of carbonyl (C=O) groups is 2. The molecule has 0 spiro atoms. The first-order valence-electron chi connectivity index (χ1n) is 7.20. The number of carbonyl (C=O) groups excluding carboxylic acids is 1. The van der Waals surface area contributed by atoms with Crippen molar-refractivity contribution in [1.29, 1.82) is 0 Å². The van der Waals surface area contributed by atoms with Crippen molar-refractivity contribution in [2.45, 2.75) is 43.5 Å². The van der Waals surface area contributed by atoms with Crippen LogP contribution in [0.2, 0.25) is 0 Å². The number of amides is 1. The Bertz CT molecular complexity index is 544. The highest BCUT2D eigenvalue weighted by atomic mass is 79.9. The van der Waals surface area contributed by atoms with Gasteiger partial charge >= 0.3 is 5.97 Å². The predicted molar refractivity (Wildman–Crippen MR) is 84.4 cm³/mol. The van der Waals surface area contributed by atoms with E-state index in [2.05, 4.69) is 20.9 Å². The van der Waals surface area contributed by atoms with Crippen LogP contribution in [0.1, 0.15) is 32.1 Å². The molecule has 2 fully saturated rings. The minimum absolute atomic E-state index is 0. The number of carboxylic acids is 1. The lowest BCUT2D eigenvalue weighted by atomic mass is 9.97. The average Bonchev–Trinajstić information content (AvgIpc) is 2.51. The summed E-state index contributed by atoms with van der Waals surface area (Å²) in [4.78, 5) is 28.6. The molecule has 1 saturated heterocycles. The van der Waals surface area contributed by atoms with Crippen LogP contribution >= 0.6 is 27.7 Å². The molecule has 2 aliphatic heterocycles. The van der Waals surface area contributed by atoms with E-state index in [0.29, 0.717) is 11.1 Å². The minimum atomic E-state index is -1.01. The number of β-lactam (4-membered cyclic amide) rings is 1. The smallest absolute Gasteiger partial charge is 0.352 e. The number of hydrogen-bond acceptors (Lipinski definition) is 3. The number of carboxylic acid groups (broad SMARTS) is 1. The first kappa shape index (κ1) is 17.8. The van der Waals surface area contributed by atoms with Crippen LogP contribution in [0.3, 0.4) is 0 Å². The summed E-state index contributed by atoms with van der Waals surface area (Å²) >= 11 is 4.96. The number of fused-ring (bicyclic) bond motifs is 1. The van der Waals surface area contributed by atoms with E-state index in [1.807, 2.05) is 0 Å². The fourth-order valence-electron chi connectivity index (χ4n) is 3.13. The van der Waals surface area contributed by atoms with Crippen molar-refractivity contribution >= 4 is 45.3 Å². The van der Waals surface area contributed by atoms with Gasteiger partial charge in [-0.2, -0.15) is 0 Å². The zero-order valence-electron chi connectivity index (χ0n) is 12.0. The van der Waals surface area contributed by atoms with Gasteiger partial charge in [0.2, 0.25) is 0 Å². The highest BCUT2D eigenvalue weighted by molar-refractivity contribution is 9.09. The highest BCUT2D eigenvalue weighted by Crippen LogP contribution is 2.39. The van der Waals surface area contributed by atoms with Crippen LogP contribution in [-0.2, 0) is 9.59 Å². The standard InChI is InChI=1S/C14H17BrN2O3S.ClH/c15-6-8-7-21-13-10(16-9-4-2-1-3-5-9)12(18)17(13)11(8)14(19)20;/h10,13H,1-7H2,(H,19,20);1H/t10-,13-;/m1./s1. The number of nitrogens with zero attached hydrogens (tertiary/aromatic N) is 1. The second-order valence-corrected chi connectivity index (χ2v) is 7.25. The van der Waals surface area contributed by atoms with Gasteiger partial charge in [-0.05, 0) is 18.4 Å². The van der Waals surface area contributed by atoms with E-state index in [1.165, 1.54) is 29.9 Å². The Morgan fingerprint density at radius 3 is 2.64 bits per heavy atom. The van der Waals surface area contributed by atoms with Gasteiger partial charge in [-0.25, -0.2) is 9.79 Å². The molecule has 22 heavy (non-hydrogen) atoms. The molecule has 1 aliphatic carbocycles. The van der Waals surface area contributed by atoms with Crippen LogP contribution in [0.4, 0.5) is 0 Å². The maximum absolute atomic E-state index is 12.4. The lowest BCUT2D eigenvalue weighted by molar-refractivity contribution is -0.505. The number of rotatable bonds is 3. The fourth-order valence-corrected chi connectivity index (χ4v) is 5.20. The van der Waals surface area contributed by atoms with Gasteiger partial charge in [0.1, 0.15) is 5.70 Å². The molecule has 122 valence electrons. The van der Waals surface area contributed by atoms with Crippen LogP contribution in [-0.4, -0.2) is 50.1 Å². The third-order valence-corrected chi connectivity index (χ3v) is 6.24. The summed E-state index contributed by atoms with van der Waals surface area (Å²) in [6.45, 7) is 0. The first-order valence-corrected chi connectivity index (χ1v) is 9.37. The van der Waals surface area contributed by atoms with Gasteiger partial charge < -0.3 is 17.5 Å². The molecule has 2 heterocycles. The SMILES string of the molecule is O=C(O)C1=C(CBr)CS[C@@H]2[C@H]([NH+]=C3CCCCC3)C(=O)N12.[Cl-]. The highest BCUT2D eigenvalue weighted by Gasteiger charge is 2.57. The van der Waals surface area contributed by atoms with Crippen LogP contribution in [0, 0.1) is 0 Å². The normalized spacial score (nSPS) is 27.8. The second kappa shape index (κ2) is 7.36. The van der Waals surface area contributed by atoms with Crippen LogP contribution in [0.25, 0.3) is 0 Å². The molecule has 3 aliphatic rings. The molecule has 0 radical (unpaired) electrons. The molecule has 0 bridgehead atoms. The third-order valence-electron chi connectivity index (χ3n) is 4.23. The van der Waals surface area contributed by atoms with E-state index < -0.39 is 5.97 Å². The Morgan fingerprint density at radius 2 is 2.05 bits per heavy atom. The minimum Gasteiger partial charge on any atom is -1.00 e. The largest absolute Gasteiger partial charge is 1.00 e. The van der Waals surface area contributed by atoms with Crippen LogP contribution in [0.5, 0.6) is 0 Å². The molecule has 0 aromatic heterocycles. The van der Waals surface area contributed by atoms with E-state index in [9.17, 15) is 14.7 Å². The molecule has 3 rings (SSSR count). The van der Waals surface area contributed by atoms with Crippen molar-refractivity contribution in [1.82, 2.24) is 4.90 Å². The van der Waals surface area contributed by atoms with Crippen molar-refractivity contribution in [3.05, 3.63) is 11.3 Å². The summed E-state index contributed by atoms with van der Waals surface area (Å²) in [6.07, 6.45) is 5.69. The second-order valence-electron chi connectivity index (χ2n) is 5.59. The van der Waals surface area contributed by atoms with E-state index >= 15 is 0 Å². The van der Waals surface area contributed by atoms with Gasteiger partial charge in [0.25, 0.3) is 11.9 Å². The molecule has 1 saturated carbocycles. The van der Waals surface area contributed by atoms with Crippen molar-refractivity contribution in [2.75, 3.05) is 11.1 Å². The van der Waals surface area contributed by atoms with E-state index in [4.69, 9.17) is 0 Å². The van der Waals surface area contributed by atoms with Crippen molar-refractivity contribution < 1.29 is 32.1 Å². The van der Waals surface area contributed by atoms with Gasteiger partial charge in [-0.3, -0.25) is 9.69 Å². The van der Waals surface area contributed by atoms with E-state index in [1.54, 1.807) is 11.8 Å². The van der Waals surface area contributed by atoms with Crippen LogP contribution < -0.4 is 17.4 Å². The van der Waals surface area contributed by atoms with Crippen molar-refractivity contribution in [2.24, 2.45) is 0 Å². The van der Waals surface area contributed by atoms with Gasteiger partial charge in [-0.1, -0.05) is 22.4 Å². The number of halogens is 2. The van der Waals surface area contributed by atoms with Gasteiger partial charge in [0.15, 0.2) is 11.1 Å². The van der Waals surface area contributed by atoms with E-state index in [-0.39, 0.29) is 35.4 Å². The molecule has 2 atom stereocenters. The van der Waals surface area contributed by atoms with E-state index in [0.717, 1.165) is 18.4 Å². The number of alkyl halides is 1. The molecule has 0 aromatic rings. The summed E-state index contributed by atoms with van der Waals surface area (Å²) in [5.74, 6) is -0.456. The molecular formula is C14H18BrClN2O3S. The first-order chi connectivity index (χ1) is 10.1. The predicted octanol–water partition coefficient (Wildman–Crippen LogP) is -2.51. The zero-order chi connectivity index (χ0) is 15.0. The maximum atomic E-state index is 12.4. The van der Waals surface area contributed by atoms with Gasteiger partial charge in [0, 0.05) is 23.9 Å². The Hall–Kier alpha value is -0.530. The summed E-state index contributed by atoms with van der Waals surface area (Å²) in [6, 6.07) is -0.255. The summed E-state index contributed by atoms with van der Waals surface area (Å²) < 4.78 is 0. The van der Waals surface area contributed by atoms with Crippen molar-refractivity contribution in [3.63, 3.8) is 0 Å². The van der Waals surface area contributed by atoms with Gasteiger partial charge in [-0.15, -0.1) is 11.8 Å². The summed E-state index contributed by atoms with van der Waals surface area (Å²) in [5.41, 5.74) is 2.21. The maximum Gasteiger partial charge on any atom is 0.352 e. The fraction of sp³-hybridized carbons (Fsp3) is 0.643. The summed E-state index contributed by atoms with van der Waals surface area (Å²) in [7, 11) is 0. The molecule has 0 unspecified atom stereocenters. The molecule has 0 aromatic carbocycles. The Morgan fingerprint density at radius 1 is 1.36 bits per heavy atom. The Balaban J connectivity index is 0.00000176. The number of thioether (sulfide) groups is 1. The summed E-state index contributed by atoms with van der Waals surface area (Å²) in [5, 5.41) is 9.79. The molecule has 5 nitrogen and oxygen atoms in total. The van der Waals surface area contributed by atoms with Crippen LogP contribution in [0.15, 0.2) is 11.3 Å². The van der Waals surface area contributed by atoms with Gasteiger partial charge in [0.05, 0.1) is 0 Å². The topological polar surface area (TPSA) is 71.6 Å². The quantitative estimate of drug-likeness (QED) is 0.399. The third kappa shape index (κ3) is 3.08. The monoisotopic (exact) mass is 408 g/mol. The Kier molecular flexibility index (Phi) is 5.96. The molecular weight excluding hydrogens is 392 g/mol. The molecule has 8 heteroatoms. The lowest BCUT2D eigenvalue weighted by Crippen LogP contribution is -3.00. The number of nitrogens with one attached hydrogen (secondary N) is 1. The Labute approximate surface area is 148 Å². The lowest BCUT2D eigenvalue weighted by Gasteiger charge is -2.45. The number of aliphatic carboxylic acids is 1. The van der Waals surface area contributed by atoms with Crippen molar-refractivity contribution in [3.8, 4) is 0 Å². The number of hydrogen-bond donors (Lipinski definition) is 2.